The van der Waals surface area contributed by atoms with Crippen LogP contribution in [0.15, 0.2) is 48.5 Å². The summed E-state index contributed by atoms with van der Waals surface area (Å²) in [5.41, 5.74) is 3.39. The summed E-state index contributed by atoms with van der Waals surface area (Å²) < 4.78 is 34.4. The van der Waals surface area contributed by atoms with Crippen molar-refractivity contribution >= 4 is 21.8 Å². The Hall–Kier alpha value is -2.38. The first-order chi connectivity index (χ1) is 12.4. The third-order valence-electron chi connectivity index (χ3n) is 4.45. The maximum atomic E-state index is 12.8. The Balaban J connectivity index is 1.77. The van der Waals surface area contributed by atoms with E-state index in [-0.39, 0.29) is 6.54 Å². The molecule has 1 atom stereocenters. The highest BCUT2D eigenvalue weighted by atomic mass is 32.2. The topological polar surface area (TPSA) is 75.7 Å². The molecule has 3 rings (SSSR count). The smallest absolute Gasteiger partial charge is 0.326 e. The Morgan fingerprint density at radius 1 is 1.15 bits per heavy atom. The van der Waals surface area contributed by atoms with Crippen LogP contribution in [0.25, 0.3) is 0 Å². The average molecular weight is 374 g/mol. The fourth-order valence-corrected chi connectivity index (χ4v) is 4.38. The van der Waals surface area contributed by atoms with Gasteiger partial charge < -0.3 is 4.74 Å². The molecular weight excluding hydrogens is 352 g/mol. The Morgan fingerprint density at radius 3 is 2.50 bits per heavy atom. The zero-order valence-electron chi connectivity index (χ0n) is 14.8. The number of hydrogen-bond donors (Lipinski definition) is 1. The van der Waals surface area contributed by atoms with Crippen LogP contribution in [0.2, 0.25) is 0 Å². The van der Waals surface area contributed by atoms with Crippen LogP contribution in [-0.2, 0) is 32.8 Å². The minimum Gasteiger partial charge on any atom is -0.363 e. The van der Waals surface area contributed by atoms with E-state index in [1.165, 1.54) is 4.31 Å². The zero-order chi connectivity index (χ0) is 18.7. The number of ether oxygens (including phenoxy) is 1. The van der Waals surface area contributed by atoms with Gasteiger partial charge in [-0.1, -0.05) is 42.5 Å². The van der Waals surface area contributed by atoms with Gasteiger partial charge in [-0.05, 0) is 36.6 Å². The lowest BCUT2D eigenvalue weighted by molar-refractivity contribution is -0.132. The van der Waals surface area contributed by atoms with Gasteiger partial charge in [0.2, 0.25) is 0 Å². The maximum absolute atomic E-state index is 12.8. The number of fused-ring (bicyclic) bond motifs is 1. The van der Waals surface area contributed by atoms with E-state index < -0.39 is 22.2 Å². The van der Waals surface area contributed by atoms with Crippen molar-refractivity contribution in [1.82, 2.24) is 4.72 Å². The summed E-state index contributed by atoms with van der Waals surface area (Å²) in [6.45, 7) is 4.06. The van der Waals surface area contributed by atoms with Gasteiger partial charge in [0.25, 0.3) is 5.91 Å². The van der Waals surface area contributed by atoms with Gasteiger partial charge in [0.05, 0.1) is 12.3 Å². The summed E-state index contributed by atoms with van der Waals surface area (Å²) in [5.74, 6) is -0.647. The molecule has 1 aliphatic rings. The second-order valence-corrected chi connectivity index (χ2v) is 7.79. The van der Waals surface area contributed by atoms with Crippen LogP contribution in [0.1, 0.15) is 23.6 Å². The fourth-order valence-electron chi connectivity index (χ4n) is 3.08. The molecule has 0 saturated heterocycles. The summed E-state index contributed by atoms with van der Waals surface area (Å²) in [6, 6.07) is 14.8. The number of carbonyl (C=O) groups excluding carboxylic acids is 1. The predicted octanol–water partition coefficient (Wildman–Crippen LogP) is 2.32. The predicted molar refractivity (Wildman–Crippen MR) is 100.0 cm³/mol. The van der Waals surface area contributed by atoms with Crippen LogP contribution >= 0.6 is 0 Å². The van der Waals surface area contributed by atoms with E-state index >= 15 is 0 Å². The van der Waals surface area contributed by atoms with E-state index in [0.29, 0.717) is 18.7 Å². The zero-order valence-corrected chi connectivity index (χ0v) is 15.6. The van der Waals surface area contributed by atoms with Crippen molar-refractivity contribution in [1.29, 1.82) is 0 Å². The number of nitrogens with one attached hydrogen (secondary N) is 1. The van der Waals surface area contributed by atoms with Crippen molar-refractivity contribution in [3.63, 3.8) is 0 Å². The maximum Gasteiger partial charge on any atom is 0.326 e. The third-order valence-corrected chi connectivity index (χ3v) is 5.94. The number of para-hydroxylation sites is 1. The number of hydrogen-bond acceptors (Lipinski definition) is 4. The van der Waals surface area contributed by atoms with Crippen LogP contribution < -0.4 is 9.03 Å². The van der Waals surface area contributed by atoms with Gasteiger partial charge in [-0.25, -0.2) is 4.72 Å². The monoisotopic (exact) mass is 374 g/mol. The molecule has 2 aromatic rings. The molecular formula is C19H22N2O4S. The molecule has 0 aliphatic carbocycles. The molecule has 1 N–H and O–H groups in total. The van der Waals surface area contributed by atoms with Gasteiger partial charge in [-0.2, -0.15) is 8.42 Å². The third kappa shape index (κ3) is 3.73. The van der Waals surface area contributed by atoms with Gasteiger partial charge in [0, 0.05) is 13.0 Å². The van der Waals surface area contributed by atoms with Gasteiger partial charge in [0.15, 0.2) is 0 Å². The molecule has 1 amide bonds. The van der Waals surface area contributed by atoms with E-state index in [9.17, 15) is 13.2 Å². The first kappa shape index (κ1) is 18.4. The van der Waals surface area contributed by atoms with Gasteiger partial charge in [0.1, 0.15) is 6.10 Å². The number of aryl methyl sites for hydroxylation is 1. The molecule has 0 aromatic heterocycles. The molecule has 0 fully saturated rings. The Labute approximate surface area is 154 Å². The first-order valence-corrected chi connectivity index (χ1v) is 9.94. The number of nitrogens with zero attached hydrogens (tertiary/aromatic N) is 1. The summed E-state index contributed by atoms with van der Waals surface area (Å²) in [7, 11) is -4.02. The van der Waals surface area contributed by atoms with Crippen LogP contribution in [0, 0.1) is 6.92 Å². The number of anilines is 1. The van der Waals surface area contributed by atoms with E-state index in [2.05, 4.69) is 4.72 Å². The number of benzene rings is 2. The van der Waals surface area contributed by atoms with E-state index in [4.69, 9.17) is 4.74 Å². The van der Waals surface area contributed by atoms with Gasteiger partial charge in [-0.15, -0.1) is 0 Å². The lowest BCUT2D eigenvalue weighted by Gasteiger charge is -2.27. The highest BCUT2D eigenvalue weighted by Gasteiger charge is 2.31. The lowest BCUT2D eigenvalue weighted by Crippen LogP contribution is -2.49. The van der Waals surface area contributed by atoms with E-state index in [1.807, 2.05) is 43.3 Å². The fraction of sp³-hybridized carbons (Fsp3) is 0.316. The summed E-state index contributed by atoms with van der Waals surface area (Å²) >= 11 is 0. The molecule has 0 bridgehead atoms. The SMILES string of the molecule is CCN(c1ccccc1C)S(=O)(=O)NC(=O)C1Cc2ccccc2CO1. The van der Waals surface area contributed by atoms with Crippen molar-refractivity contribution in [3.8, 4) is 0 Å². The second-order valence-electron chi connectivity index (χ2n) is 6.20. The molecule has 26 heavy (non-hydrogen) atoms. The van der Waals surface area contributed by atoms with Crippen molar-refractivity contribution in [2.45, 2.75) is 33.0 Å². The highest BCUT2D eigenvalue weighted by Crippen LogP contribution is 2.23. The summed E-state index contributed by atoms with van der Waals surface area (Å²) in [4.78, 5) is 12.5. The molecule has 6 nitrogen and oxygen atoms in total. The van der Waals surface area contributed by atoms with Crippen molar-refractivity contribution in [3.05, 3.63) is 65.2 Å². The average Bonchev–Trinajstić information content (AvgIpc) is 2.63. The molecule has 2 aromatic carbocycles. The molecule has 0 saturated carbocycles. The largest absolute Gasteiger partial charge is 0.363 e. The molecule has 138 valence electrons. The quantitative estimate of drug-likeness (QED) is 0.871. The molecule has 1 unspecified atom stereocenters. The molecule has 7 heteroatoms. The van der Waals surface area contributed by atoms with Crippen LogP contribution in [0.5, 0.6) is 0 Å². The number of rotatable bonds is 5. The Morgan fingerprint density at radius 2 is 1.81 bits per heavy atom. The summed E-state index contributed by atoms with van der Waals surface area (Å²) in [6.07, 6.45) is -0.469. The van der Waals surface area contributed by atoms with Crippen LogP contribution in [0.3, 0.4) is 0 Å². The first-order valence-electron chi connectivity index (χ1n) is 8.50. The molecule has 1 aliphatic heterocycles. The van der Waals surface area contributed by atoms with Crippen molar-refractivity contribution in [2.75, 3.05) is 10.8 Å². The molecule has 0 spiro atoms. The summed E-state index contributed by atoms with van der Waals surface area (Å²) in [5, 5.41) is 0. The van der Waals surface area contributed by atoms with Gasteiger partial charge in [-0.3, -0.25) is 9.10 Å². The number of carbonyl (C=O) groups is 1. The Kier molecular flexibility index (Phi) is 5.29. The van der Waals surface area contributed by atoms with Crippen LogP contribution in [-0.4, -0.2) is 27.0 Å². The van der Waals surface area contributed by atoms with Crippen molar-refractivity contribution < 1.29 is 17.9 Å². The second kappa shape index (κ2) is 7.47. The lowest BCUT2D eigenvalue weighted by atomic mass is 9.99. The highest BCUT2D eigenvalue weighted by molar-refractivity contribution is 7.91. The normalized spacial score (nSPS) is 16.6. The molecule has 1 heterocycles. The van der Waals surface area contributed by atoms with E-state index in [1.54, 1.807) is 19.1 Å². The van der Waals surface area contributed by atoms with E-state index in [0.717, 1.165) is 16.7 Å². The standard InChI is InChI=1S/C19H22N2O4S/c1-3-21(17-11-7-4-8-14(17)2)26(23,24)20-19(22)18-12-15-9-5-6-10-16(15)13-25-18/h4-11,18H,3,12-13H2,1-2H3,(H,20,22). The minimum atomic E-state index is -4.02. The van der Waals surface area contributed by atoms with Crippen LogP contribution in [0.4, 0.5) is 5.69 Å². The van der Waals surface area contributed by atoms with Crippen molar-refractivity contribution in [2.24, 2.45) is 0 Å². The van der Waals surface area contributed by atoms with Gasteiger partial charge >= 0.3 is 10.2 Å². The Bertz CT molecular complexity index is 911. The molecule has 0 radical (unpaired) electrons. The number of amides is 1. The minimum absolute atomic E-state index is 0.210.